The molecule has 0 unspecified atom stereocenters. The Kier molecular flexibility index (Phi) is 2.91. The Hall–Kier alpha value is -1.84. The summed E-state index contributed by atoms with van der Waals surface area (Å²) in [6, 6.07) is 5.25. The average molecular weight is 286 g/mol. The minimum atomic E-state index is -0.905. The number of aromatic nitrogens is 2. The van der Waals surface area contributed by atoms with E-state index in [4.69, 9.17) is 10.1 Å². The summed E-state index contributed by atoms with van der Waals surface area (Å²) in [6.07, 6.45) is 2.51. The summed E-state index contributed by atoms with van der Waals surface area (Å²) in [5.41, 5.74) is 2.43. The molecular formula is C17H22N2O2. The molecule has 1 fully saturated rings. The van der Waals surface area contributed by atoms with Gasteiger partial charge in [0.1, 0.15) is 5.82 Å². The number of aromatic carboxylic acids is 1. The maximum atomic E-state index is 11.1. The Morgan fingerprint density at radius 2 is 2.05 bits per heavy atom. The van der Waals surface area contributed by atoms with E-state index in [9.17, 15) is 4.79 Å². The number of hydrogen-bond acceptors (Lipinski definition) is 2. The third kappa shape index (κ3) is 2.55. The van der Waals surface area contributed by atoms with Gasteiger partial charge in [-0.05, 0) is 36.5 Å². The summed E-state index contributed by atoms with van der Waals surface area (Å²) in [4.78, 5) is 15.9. The van der Waals surface area contributed by atoms with Crippen LogP contribution in [0.25, 0.3) is 11.0 Å². The smallest absolute Gasteiger partial charge is 0.335 e. The topological polar surface area (TPSA) is 55.1 Å². The molecule has 0 saturated heterocycles. The molecule has 1 N–H and O–H groups in total. The Morgan fingerprint density at radius 3 is 2.57 bits per heavy atom. The van der Waals surface area contributed by atoms with Gasteiger partial charge < -0.3 is 9.67 Å². The van der Waals surface area contributed by atoms with Gasteiger partial charge in [-0.1, -0.05) is 27.7 Å². The first-order valence-electron chi connectivity index (χ1n) is 7.44. The summed E-state index contributed by atoms with van der Waals surface area (Å²) < 4.78 is 2.29. The summed E-state index contributed by atoms with van der Waals surface area (Å²) in [7, 11) is 0. The van der Waals surface area contributed by atoms with E-state index in [1.54, 1.807) is 12.1 Å². The molecular weight excluding hydrogens is 264 g/mol. The highest BCUT2D eigenvalue weighted by Gasteiger charge is 2.39. The fourth-order valence-electron chi connectivity index (χ4n) is 2.75. The molecule has 3 rings (SSSR count). The van der Waals surface area contributed by atoms with E-state index in [1.165, 1.54) is 12.8 Å². The largest absolute Gasteiger partial charge is 0.478 e. The van der Waals surface area contributed by atoms with Gasteiger partial charge in [-0.3, -0.25) is 0 Å². The lowest BCUT2D eigenvalue weighted by molar-refractivity contribution is 0.0697. The van der Waals surface area contributed by atoms with Crippen LogP contribution in [0, 0.1) is 5.41 Å². The van der Waals surface area contributed by atoms with Crippen LogP contribution in [0.5, 0.6) is 0 Å². The third-order valence-corrected chi connectivity index (χ3v) is 4.31. The molecule has 0 aliphatic heterocycles. The van der Waals surface area contributed by atoms with Crippen LogP contribution in [0.4, 0.5) is 0 Å². The number of benzene rings is 1. The van der Waals surface area contributed by atoms with Crippen molar-refractivity contribution in [3.05, 3.63) is 29.6 Å². The number of carbonyl (C=O) groups is 1. The minimum Gasteiger partial charge on any atom is -0.478 e. The standard InChI is InChI=1S/C17H22N2O2/c1-16(2,3)15-18-12-9-11(14(20)21)5-6-13(12)19(15)10-17(4)7-8-17/h5-6,9H,7-8,10H2,1-4H3,(H,20,21). The lowest BCUT2D eigenvalue weighted by atomic mass is 9.95. The third-order valence-electron chi connectivity index (χ3n) is 4.31. The van der Waals surface area contributed by atoms with Crippen molar-refractivity contribution in [3.8, 4) is 0 Å². The zero-order chi connectivity index (χ0) is 15.4. The summed E-state index contributed by atoms with van der Waals surface area (Å²) in [5, 5.41) is 9.14. The molecule has 4 heteroatoms. The highest BCUT2D eigenvalue weighted by atomic mass is 16.4. The van der Waals surface area contributed by atoms with Gasteiger partial charge >= 0.3 is 5.97 Å². The molecule has 0 radical (unpaired) electrons. The van der Waals surface area contributed by atoms with E-state index in [2.05, 4.69) is 32.3 Å². The second-order valence-corrected chi connectivity index (χ2v) is 7.59. The molecule has 0 spiro atoms. The Morgan fingerprint density at radius 1 is 1.38 bits per heavy atom. The molecule has 1 aromatic carbocycles. The molecule has 1 aliphatic carbocycles. The second kappa shape index (κ2) is 4.33. The van der Waals surface area contributed by atoms with Crippen molar-refractivity contribution in [2.24, 2.45) is 5.41 Å². The molecule has 0 bridgehead atoms. The molecule has 1 heterocycles. The van der Waals surface area contributed by atoms with Gasteiger partial charge in [0.25, 0.3) is 0 Å². The van der Waals surface area contributed by atoms with E-state index < -0.39 is 5.97 Å². The van der Waals surface area contributed by atoms with Crippen LogP contribution in [0.1, 0.15) is 56.7 Å². The van der Waals surface area contributed by atoms with Gasteiger partial charge in [0.05, 0.1) is 16.6 Å². The van der Waals surface area contributed by atoms with E-state index in [-0.39, 0.29) is 5.41 Å². The first kappa shape index (κ1) is 14.1. The van der Waals surface area contributed by atoms with Crippen LogP contribution in [0.2, 0.25) is 0 Å². The van der Waals surface area contributed by atoms with E-state index in [1.807, 2.05) is 6.07 Å². The molecule has 2 aromatic rings. The Labute approximate surface area is 124 Å². The molecule has 4 nitrogen and oxygen atoms in total. The van der Waals surface area contributed by atoms with Gasteiger partial charge in [-0.15, -0.1) is 0 Å². The second-order valence-electron chi connectivity index (χ2n) is 7.59. The lowest BCUT2D eigenvalue weighted by Crippen LogP contribution is -2.21. The monoisotopic (exact) mass is 286 g/mol. The van der Waals surface area contributed by atoms with Gasteiger partial charge in [0.2, 0.25) is 0 Å². The van der Waals surface area contributed by atoms with E-state index in [0.717, 1.165) is 23.4 Å². The summed E-state index contributed by atoms with van der Waals surface area (Å²) in [6.45, 7) is 9.72. The fraction of sp³-hybridized carbons (Fsp3) is 0.529. The Balaban J connectivity index is 2.18. The van der Waals surface area contributed by atoms with Gasteiger partial charge in [-0.2, -0.15) is 0 Å². The van der Waals surface area contributed by atoms with E-state index >= 15 is 0 Å². The number of carboxylic acids is 1. The SMILES string of the molecule is CC1(Cn2c(C(C)(C)C)nc3cc(C(=O)O)ccc32)CC1. The van der Waals surface area contributed by atoms with Crippen LogP contribution < -0.4 is 0 Å². The first-order chi connectivity index (χ1) is 9.70. The molecule has 0 amide bonds. The number of hydrogen-bond donors (Lipinski definition) is 1. The van der Waals surface area contributed by atoms with Crippen molar-refractivity contribution in [2.45, 2.75) is 52.5 Å². The van der Waals surface area contributed by atoms with Gasteiger partial charge in [0, 0.05) is 12.0 Å². The van der Waals surface area contributed by atoms with E-state index in [0.29, 0.717) is 11.0 Å². The normalized spacial score (nSPS) is 17.1. The zero-order valence-corrected chi connectivity index (χ0v) is 13.1. The van der Waals surface area contributed by atoms with Crippen LogP contribution >= 0.6 is 0 Å². The number of nitrogens with zero attached hydrogens (tertiary/aromatic N) is 2. The van der Waals surface area contributed by atoms with Crippen molar-refractivity contribution >= 4 is 17.0 Å². The van der Waals surface area contributed by atoms with Crippen molar-refractivity contribution in [3.63, 3.8) is 0 Å². The average Bonchev–Trinajstić information content (AvgIpc) is 2.98. The molecule has 112 valence electrons. The van der Waals surface area contributed by atoms with Crippen molar-refractivity contribution in [1.29, 1.82) is 0 Å². The van der Waals surface area contributed by atoms with Crippen LogP contribution in [0.15, 0.2) is 18.2 Å². The van der Waals surface area contributed by atoms with Crippen molar-refractivity contribution in [2.75, 3.05) is 0 Å². The zero-order valence-electron chi connectivity index (χ0n) is 13.1. The minimum absolute atomic E-state index is 0.0618. The van der Waals surface area contributed by atoms with Gasteiger partial charge in [-0.25, -0.2) is 9.78 Å². The summed E-state index contributed by atoms with van der Waals surface area (Å²) >= 11 is 0. The van der Waals surface area contributed by atoms with Crippen molar-refractivity contribution in [1.82, 2.24) is 9.55 Å². The van der Waals surface area contributed by atoms with Crippen LogP contribution in [-0.4, -0.2) is 20.6 Å². The Bertz CT molecular complexity index is 718. The highest BCUT2D eigenvalue weighted by Crippen LogP contribution is 2.47. The fourth-order valence-corrected chi connectivity index (χ4v) is 2.75. The number of imidazole rings is 1. The van der Waals surface area contributed by atoms with Gasteiger partial charge in [0.15, 0.2) is 0 Å². The van der Waals surface area contributed by atoms with Crippen LogP contribution in [-0.2, 0) is 12.0 Å². The molecule has 1 aliphatic rings. The first-order valence-corrected chi connectivity index (χ1v) is 7.44. The maximum absolute atomic E-state index is 11.1. The number of rotatable bonds is 3. The predicted octanol–water partition coefficient (Wildman–Crippen LogP) is 3.83. The maximum Gasteiger partial charge on any atom is 0.335 e. The van der Waals surface area contributed by atoms with Crippen molar-refractivity contribution < 1.29 is 9.90 Å². The molecule has 21 heavy (non-hydrogen) atoms. The molecule has 0 atom stereocenters. The highest BCUT2D eigenvalue weighted by molar-refractivity contribution is 5.92. The van der Waals surface area contributed by atoms with Crippen LogP contribution in [0.3, 0.4) is 0 Å². The summed E-state index contributed by atoms with van der Waals surface area (Å²) in [5.74, 6) is 0.131. The molecule has 1 aromatic heterocycles. The number of fused-ring (bicyclic) bond motifs is 1. The quantitative estimate of drug-likeness (QED) is 0.933. The predicted molar refractivity (Wildman–Crippen MR) is 82.7 cm³/mol. The lowest BCUT2D eigenvalue weighted by Gasteiger charge is -2.22. The molecule has 1 saturated carbocycles. The number of carboxylic acid groups (broad SMARTS) is 1.